The molecule has 2 aliphatic heterocycles. The van der Waals surface area contributed by atoms with E-state index in [-0.39, 0.29) is 24.0 Å². The second kappa shape index (κ2) is 10.2. The first-order valence-electron chi connectivity index (χ1n) is 10.4. The third kappa shape index (κ3) is 6.00. The van der Waals surface area contributed by atoms with Crippen LogP contribution in [0.5, 0.6) is 0 Å². The molecule has 3 amide bonds. The summed E-state index contributed by atoms with van der Waals surface area (Å²) in [5.74, 6) is -0.151. The molecule has 7 nitrogen and oxygen atoms in total. The van der Waals surface area contributed by atoms with Crippen LogP contribution in [0.15, 0.2) is 24.3 Å². The number of carbonyl (C=O) groups excluding carboxylic acids is 2. The van der Waals surface area contributed by atoms with Gasteiger partial charge in [-0.05, 0) is 43.0 Å². The summed E-state index contributed by atoms with van der Waals surface area (Å²) < 4.78 is 5.55. The Morgan fingerprint density at radius 2 is 1.86 bits per heavy atom. The number of hydrogen-bond acceptors (Lipinski definition) is 4. The summed E-state index contributed by atoms with van der Waals surface area (Å²) in [5.41, 5.74) is 1.10. The van der Waals surface area contributed by atoms with Crippen molar-refractivity contribution < 1.29 is 14.3 Å². The van der Waals surface area contributed by atoms with E-state index >= 15 is 0 Å². The number of nitrogens with one attached hydrogen (secondary N) is 2. The van der Waals surface area contributed by atoms with Crippen molar-refractivity contribution in [1.82, 2.24) is 15.5 Å². The summed E-state index contributed by atoms with van der Waals surface area (Å²) in [7, 11) is 0. The number of anilines is 1. The van der Waals surface area contributed by atoms with Crippen LogP contribution in [0.25, 0.3) is 0 Å². The molecule has 8 heteroatoms. The monoisotopic (exact) mass is 422 g/mol. The molecule has 2 aliphatic rings. The molecule has 0 saturated carbocycles. The Bertz CT molecular complexity index is 684. The average Bonchev–Trinajstić information content (AvgIpc) is 3.24. The zero-order chi connectivity index (χ0) is 20.8. The molecule has 1 aromatic carbocycles. The Labute approximate surface area is 177 Å². The molecule has 0 bridgehead atoms. The standard InChI is InChI=1S/C21H31ClN4O3/c1-15(2)19(20(27)23-14-18-4-3-13-29-18)24-21(28)26-11-9-25(10-12-26)17-7-5-16(22)6-8-17/h5-8,15,18-19H,3-4,9-14H2,1-2H3,(H,23,27)(H,24,28)/t18-,19+/m1/s1. The summed E-state index contributed by atoms with van der Waals surface area (Å²) >= 11 is 5.95. The number of hydrogen-bond donors (Lipinski definition) is 2. The summed E-state index contributed by atoms with van der Waals surface area (Å²) in [5, 5.41) is 6.57. The van der Waals surface area contributed by atoms with Gasteiger partial charge in [0.2, 0.25) is 5.91 Å². The number of rotatable bonds is 6. The average molecular weight is 423 g/mol. The summed E-state index contributed by atoms with van der Waals surface area (Å²) in [6, 6.07) is 6.98. The van der Waals surface area contributed by atoms with Gasteiger partial charge in [0.25, 0.3) is 0 Å². The van der Waals surface area contributed by atoms with E-state index in [1.807, 2.05) is 38.1 Å². The minimum atomic E-state index is -0.557. The molecular weight excluding hydrogens is 392 g/mol. The van der Waals surface area contributed by atoms with Gasteiger partial charge in [-0.2, -0.15) is 0 Å². The van der Waals surface area contributed by atoms with Crippen LogP contribution in [-0.2, 0) is 9.53 Å². The Hall–Kier alpha value is -1.99. The maximum absolute atomic E-state index is 12.7. The minimum absolute atomic E-state index is 0.00111. The largest absolute Gasteiger partial charge is 0.376 e. The molecule has 160 valence electrons. The molecule has 29 heavy (non-hydrogen) atoms. The minimum Gasteiger partial charge on any atom is -0.376 e. The number of carbonyl (C=O) groups is 2. The van der Waals surface area contributed by atoms with Crippen molar-refractivity contribution in [3.8, 4) is 0 Å². The molecule has 1 aromatic rings. The molecule has 0 aromatic heterocycles. The summed E-state index contributed by atoms with van der Waals surface area (Å²) in [4.78, 5) is 29.3. The van der Waals surface area contributed by atoms with Crippen LogP contribution in [-0.4, -0.2) is 68.3 Å². The van der Waals surface area contributed by atoms with E-state index in [1.165, 1.54) is 0 Å². The van der Waals surface area contributed by atoms with Crippen LogP contribution in [0.1, 0.15) is 26.7 Å². The predicted octanol–water partition coefficient (Wildman–Crippen LogP) is 2.49. The Kier molecular flexibility index (Phi) is 7.61. The molecule has 0 unspecified atom stereocenters. The molecule has 2 fully saturated rings. The van der Waals surface area contributed by atoms with Gasteiger partial charge in [0.1, 0.15) is 6.04 Å². The first-order valence-corrected chi connectivity index (χ1v) is 10.8. The Morgan fingerprint density at radius 3 is 2.45 bits per heavy atom. The van der Waals surface area contributed by atoms with Crippen molar-refractivity contribution in [1.29, 1.82) is 0 Å². The van der Waals surface area contributed by atoms with E-state index < -0.39 is 6.04 Å². The lowest BCUT2D eigenvalue weighted by Crippen LogP contribution is -2.57. The van der Waals surface area contributed by atoms with E-state index in [0.717, 1.165) is 38.2 Å². The van der Waals surface area contributed by atoms with E-state index in [4.69, 9.17) is 16.3 Å². The van der Waals surface area contributed by atoms with Crippen molar-refractivity contribution in [3.63, 3.8) is 0 Å². The highest BCUT2D eigenvalue weighted by atomic mass is 35.5. The van der Waals surface area contributed by atoms with Gasteiger partial charge >= 0.3 is 6.03 Å². The molecule has 2 saturated heterocycles. The van der Waals surface area contributed by atoms with Gasteiger partial charge in [-0.3, -0.25) is 4.79 Å². The maximum Gasteiger partial charge on any atom is 0.318 e. The summed E-state index contributed by atoms with van der Waals surface area (Å²) in [6.45, 7) is 7.83. The van der Waals surface area contributed by atoms with Crippen molar-refractivity contribution >= 4 is 29.2 Å². The highest BCUT2D eigenvalue weighted by molar-refractivity contribution is 6.30. The van der Waals surface area contributed by atoms with E-state index in [9.17, 15) is 9.59 Å². The molecule has 2 N–H and O–H groups in total. The quantitative estimate of drug-likeness (QED) is 0.738. The zero-order valence-corrected chi connectivity index (χ0v) is 18.0. The van der Waals surface area contributed by atoms with Gasteiger partial charge in [0.15, 0.2) is 0 Å². The first-order chi connectivity index (χ1) is 13.9. The van der Waals surface area contributed by atoms with E-state index in [1.54, 1.807) is 4.90 Å². The molecular formula is C21H31ClN4O3. The molecule has 0 aliphatic carbocycles. The predicted molar refractivity (Wildman–Crippen MR) is 114 cm³/mol. The third-order valence-corrected chi connectivity index (χ3v) is 5.77. The SMILES string of the molecule is CC(C)[C@H](NC(=O)N1CCN(c2ccc(Cl)cc2)CC1)C(=O)NC[C@H]1CCCO1. The number of benzene rings is 1. The van der Waals surface area contributed by atoms with Crippen LogP contribution in [0.3, 0.4) is 0 Å². The molecule has 0 radical (unpaired) electrons. The smallest absolute Gasteiger partial charge is 0.318 e. The lowest BCUT2D eigenvalue weighted by atomic mass is 10.0. The lowest BCUT2D eigenvalue weighted by Gasteiger charge is -2.37. The van der Waals surface area contributed by atoms with Gasteiger partial charge in [0.05, 0.1) is 6.10 Å². The van der Waals surface area contributed by atoms with Crippen LogP contribution in [0, 0.1) is 5.92 Å². The van der Waals surface area contributed by atoms with Crippen LogP contribution in [0.2, 0.25) is 5.02 Å². The number of nitrogens with zero attached hydrogens (tertiary/aromatic N) is 2. The maximum atomic E-state index is 12.7. The fourth-order valence-electron chi connectivity index (χ4n) is 3.71. The number of urea groups is 1. The number of ether oxygens (including phenoxy) is 1. The first kappa shape index (κ1) is 21.7. The Morgan fingerprint density at radius 1 is 1.17 bits per heavy atom. The fraction of sp³-hybridized carbons (Fsp3) is 0.619. The van der Waals surface area contributed by atoms with Crippen molar-refractivity contribution in [2.45, 2.75) is 38.8 Å². The van der Waals surface area contributed by atoms with Crippen molar-refractivity contribution in [2.75, 3.05) is 44.2 Å². The Balaban J connectivity index is 1.48. The summed E-state index contributed by atoms with van der Waals surface area (Å²) in [6.07, 6.45) is 2.09. The van der Waals surface area contributed by atoms with Gasteiger partial charge < -0.3 is 25.2 Å². The lowest BCUT2D eigenvalue weighted by molar-refractivity contribution is -0.124. The van der Waals surface area contributed by atoms with Crippen LogP contribution < -0.4 is 15.5 Å². The second-order valence-electron chi connectivity index (χ2n) is 8.00. The molecule has 2 heterocycles. The molecule has 2 atom stereocenters. The molecule has 0 spiro atoms. The number of amides is 3. The highest BCUT2D eigenvalue weighted by Crippen LogP contribution is 2.19. The second-order valence-corrected chi connectivity index (χ2v) is 8.44. The van der Waals surface area contributed by atoms with Gasteiger partial charge in [-0.1, -0.05) is 25.4 Å². The zero-order valence-electron chi connectivity index (χ0n) is 17.2. The van der Waals surface area contributed by atoms with Gasteiger partial charge in [-0.15, -0.1) is 0 Å². The van der Waals surface area contributed by atoms with Crippen molar-refractivity contribution in [3.05, 3.63) is 29.3 Å². The topological polar surface area (TPSA) is 73.9 Å². The highest BCUT2D eigenvalue weighted by Gasteiger charge is 2.29. The fourth-order valence-corrected chi connectivity index (χ4v) is 3.83. The van der Waals surface area contributed by atoms with E-state index in [2.05, 4.69) is 15.5 Å². The van der Waals surface area contributed by atoms with Crippen molar-refractivity contribution in [2.24, 2.45) is 5.92 Å². The third-order valence-electron chi connectivity index (χ3n) is 5.51. The van der Waals surface area contributed by atoms with Gasteiger partial charge in [0, 0.05) is 50.0 Å². The number of halogens is 1. The number of piperazine rings is 1. The normalized spacial score (nSPS) is 20.6. The van der Waals surface area contributed by atoms with Crippen LogP contribution >= 0.6 is 11.6 Å². The van der Waals surface area contributed by atoms with Crippen LogP contribution in [0.4, 0.5) is 10.5 Å². The van der Waals surface area contributed by atoms with Gasteiger partial charge in [-0.25, -0.2) is 4.79 Å². The van der Waals surface area contributed by atoms with E-state index in [0.29, 0.717) is 24.7 Å². The molecule has 3 rings (SSSR count).